The second-order valence-corrected chi connectivity index (χ2v) is 7.19. The van der Waals surface area contributed by atoms with E-state index >= 15 is 0 Å². The Morgan fingerprint density at radius 1 is 1.25 bits per heavy atom. The number of rotatable bonds is 4. The van der Waals surface area contributed by atoms with Crippen LogP contribution in [0.5, 0.6) is 11.5 Å². The molecule has 0 amide bonds. The zero-order valence-electron chi connectivity index (χ0n) is 12.3. The number of ether oxygens (including phenoxy) is 2. The SMILES string of the molecule is CCc1ccc(OC2CC(Br)C23CCCC3)c(OC)c1. The quantitative estimate of drug-likeness (QED) is 0.738. The van der Waals surface area contributed by atoms with Gasteiger partial charge in [-0.25, -0.2) is 0 Å². The lowest BCUT2D eigenvalue weighted by atomic mass is 9.64. The molecular weight excluding hydrogens is 316 g/mol. The molecule has 2 nitrogen and oxygen atoms in total. The van der Waals surface area contributed by atoms with Gasteiger partial charge in [-0.05, 0) is 43.4 Å². The van der Waals surface area contributed by atoms with Crippen LogP contribution in [0.4, 0.5) is 0 Å². The van der Waals surface area contributed by atoms with Gasteiger partial charge in [0.2, 0.25) is 0 Å². The summed E-state index contributed by atoms with van der Waals surface area (Å²) in [7, 11) is 1.72. The van der Waals surface area contributed by atoms with Crippen molar-refractivity contribution in [3.8, 4) is 11.5 Å². The molecule has 20 heavy (non-hydrogen) atoms. The van der Waals surface area contributed by atoms with Gasteiger partial charge in [0.1, 0.15) is 6.10 Å². The van der Waals surface area contributed by atoms with Crippen molar-refractivity contribution in [1.29, 1.82) is 0 Å². The molecule has 1 aromatic carbocycles. The average molecular weight is 339 g/mol. The molecule has 0 bridgehead atoms. The molecule has 1 spiro atoms. The fraction of sp³-hybridized carbons (Fsp3) is 0.647. The van der Waals surface area contributed by atoms with Gasteiger partial charge in [0.15, 0.2) is 11.5 Å². The predicted molar refractivity (Wildman–Crippen MR) is 85.0 cm³/mol. The Balaban J connectivity index is 1.78. The summed E-state index contributed by atoms with van der Waals surface area (Å²) in [5.74, 6) is 1.77. The Hall–Kier alpha value is -0.700. The van der Waals surface area contributed by atoms with Gasteiger partial charge in [0.25, 0.3) is 0 Å². The van der Waals surface area contributed by atoms with Gasteiger partial charge < -0.3 is 9.47 Å². The Bertz CT molecular complexity index is 480. The molecule has 1 aromatic rings. The Morgan fingerprint density at radius 3 is 2.60 bits per heavy atom. The number of halogens is 1. The molecule has 0 radical (unpaired) electrons. The zero-order chi connectivity index (χ0) is 14.2. The lowest BCUT2D eigenvalue weighted by Gasteiger charge is -2.51. The standard InChI is InChI=1S/C17H23BrO2/c1-3-12-6-7-13(14(10-12)19-2)20-16-11-15(18)17(16)8-4-5-9-17/h6-7,10,15-16H,3-5,8-9,11H2,1-2H3. The highest BCUT2D eigenvalue weighted by molar-refractivity contribution is 9.09. The Kier molecular flexibility index (Phi) is 3.98. The van der Waals surface area contributed by atoms with E-state index in [0.29, 0.717) is 16.3 Å². The smallest absolute Gasteiger partial charge is 0.161 e. The maximum atomic E-state index is 6.33. The van der Waals surface area contributed by atoms with Crippen LogP contribution in [0.25, 0.3) is 0 Å². The third kappa shape index (κ3) is 2.24. The molecule has 110 valence electrons. The molecule has 0 aromatic heterocycles. The summed E-state index contributed by atoms with van der Waals surface area (Å²) in [4.78, 5) is 0.628. The first-order chi connectivity index (χ1) is 9.69. The first-order valence-electron chi connectivity index (χ1n) is 7.67. The third-order valence-corrected chi connectivity index (χ3v) is 6.41. The van der Waals surface area contributed by atoms with Crippen molar-refractivity contribution in [2.75, 3.05) is 7.11 Å². The normalized spacial score (nSPS) is 27.4. The average Bonchev–Trinajstić information content (AvgIpc) is 3.00. The van der Waals surface area contributed by atoms with Crippen molar-refractivity contribution in [3.05, 3.63) is 23.8 Å². The summed E-state index contributed by atoms with van der Waals surface area (Å²) in [6.45, 7) is 2.16. The van der Waals surface area contributed by atoms with E-state index in [1.165, 1.54) is 31.2 Å². The number of methoxy groups -OCH3 is 1. The molecule has 0 saturated heterocycles. The van der Waals surface area contributed by atoms with Crippen LogP contribution >= 0.6 is 15.9 Å². The number of alkyl halides is 1. The highest BCUT2D eigenvalue weighted by Gasteiger charge is 2.56. The molecule has 2 unspecified atom stereocenters. The topological polar surface area (TPSA) is 18.5 Å². The summed E-state index contributed by atoms with van der Waals surface area (Å²) < 4.78 is 11.8. The van der Waals surface area contributed by atoms with Gasteiger partial charge in [-0.2, -0.15) is 0 Å². The molecular formula is C17H23BrO2. The minimum Gasteiger partial charge on any atom is -0.493 e. The van der Waals surface area contributed by atoms with Crippen molar-refractivity contribution in [3.63, 3.8) is 0 Å². The van der Waals surface area contributed by atoms with Gasteiger partial charge in [0, 0.05) is 10.2 Å². The Morgan fingerprint density at radius 2 is 2.00 bits per heavy atom. The minimum absolute atomic E-state index is 0.343. The van der Waals surface area contributed by atoms with Gasteiger partial charge in [-0.15, -0.1) is 0 Å². The lowest BCUT2D eigenvalue weighted by Crippen LogP contribution is -2.55. The van der Waals surface area contributed by atoms with Crippen LogP contribution in [-0.2, 0) is 6.42 Å². The molecule has 2 aliphatic carbocycles. The summed E-state index contributed by atoms with van der Waals surface area (Å²) in [6, 6.07) is 6.31. The van der Waals surface area contributed by atoms with Gasteiger partial charge in [0.05, 0.1) is 7.11 Å². The number of hydrogen-bond acceptors (Lipinski definition) is 2. The molecule has 2 atom stereocenters. The van der Waals surface area contributed by atoms with E-state index in [9.17, 15) is 0 Å². The highest BCUT2D eigenvalue weighted by Crippen LogP contribution is 2.58. The summed E-state index contributed by atoms with van der Waals surface area (Å²) in [6.07, 6.45) is 7.75. The summed E-state index contributed by atoms with van der Waals surface area (Å²) in [5, 5.41) is 0. The van der Waals surface area contributed by atoms with Crippen LogP contribution in [0.3, 0.4) is 0 Å². The maximum Gasteiger partial charge on any atom is 0.161 e. The second-order valence-electron chi connectivity index (χ2n) is 6.09. The molecule has 0 N–H and O–H groups in total. The Labute approximate surface area is 130 Å². The van der Waals surface area contributed by atoms with Crippen molar-refractivity contribution < 1.29 is 9.47 Å². The molecule has 0 heterocycles. The monoisotopic (exact) mass is 338 g/mol. The van der Waals surface area contributed by atoms with Crippen molar-refractivity contribution in [2.45, 2.75) is 56.4 Å². The largest absolute Gasteiger partial charge is 0.493 e. The van der Waals surface area contributed by atoms with E-state index in [4.69, 9.17) is 9.47 Å². The van der Waals surface area contributed by atoms with E-state index in [2.05, 4.69) is 41.1 Å². The van der Waals surface area contributed by atoms with Gasteiger partial charge in [-0.1, -0.05) is 41.8 Å². The highest BCUT2D eigenvalue weighted by atomic mass is 79.9. The predicted octanol–water partition coefficient (Wildman–Crippen LogP) is 4.73. The van der Waals surface area contributed by atoms with Crippen molar-refractivity contribution in [1.82, 2.24) is 0 Å². The van der Waals surface area contributed by atoms with E-state index in [0.717, 1.165) is 24.3 Å². The number of benzene rings is 1. The maximum absolute atomic E-state index is 6.33. The second kappa shape index (κ2) is 5.59. The van der Waals surface area contributed by atoms with E-state index in [1.807, 2.05) is 0 Å². The molecule has 2 aliphatic rings. The van der Waals surface area contributed by atoms with Gasteiger partial charge in [-0.3, -0.25) is 0 Å². The van der Waals surface area contributed by atoms with Crippen molar-refractivity contribution >= 4 is 15.9 Å². The van der Waals surface area contributed by atoms with Crippen LogP contribution in [0.2, 0.25) is 0 Å². The lowest BCUT2D eigenvalue weighted by molar-refractivity contribution is -0.0316. The molecule has 2 fully saturated rings. The van der Waals surface area contributed by atoms with Crippen LogP contribution < -0.4 is 9.47 Å². The first kappa shape index (κ1) is 14.2. The fourth-order valence-electron chi connectivity index (χ4n) is 3.72. The summed E-state index contributed by atoms with van der Waals surface area (Å²) >= 11 is 3.85. The molecule has 3 heteroatoms. The van der Waals surface area contributed by atoms with Crippen LogP contribution in [-0.4, -0.2) is 18.0 Å². The third-order valence-electron chi connectivity index (χ3n) is 5.13. The van der Waals surface area contributed by atoms with E-state index < -0.39 is 0 Å². The summed E-state index contributed by atoms with van der Waals surface area (Å²) in [5.41, 5.74) is 1.66. The zero-order valence-corrected chi connectivity index (χ0v) is 13.9. The number of hydrogen-bond donors (Lipinski definition) is 0. The van der Waals surface area contributed by atoms with Crippen molar-refractivity contribution in [2.24, 2.45) is 5.41 Å². The fourth-order valence-corrected chi connectivity index (χ4v) is 4.81. The molecule has 2 saturated carbocycles. The van der Waals surface area contributed by atoms with Crippen LogP contribution in [0, 0.1) is 5.41 Å². The van der Waals surface area contributed by atoms with Crippen LogP contribution in [0.1, 0.15) is 44.6 Å². The van der Waals surface area contributed by atoms with Gasteiger partial charge >= 0.3 is 0 Å². The first-order valence-corrected chi connectivity index (χ1v) is 8.59. The number of aryl methyl sites for hydroxylation is 1. The molecule has 0 aliphatic heterocycles. The van der Waals surface area contributed by atoms with E-state index in [-0.39, 0.29) is 0 Å². The molecule has 3 rings (SSSR count). The van der Waals surface area contributed by atoms with Crippen LogP contribution in [0.15, 0.2) is 18.2 Å². The minimum atomic E-state index is 0.343. The van der Waals surface area contributed by atoms with E-state index in [1.54, 1.807) is 7.11 Å².